The Hall–Kier alpha value is -1.07. The van der Waals surface area contributed by atoms with Crippen LogP contribution in [0.2, 0.25) is 0 Å². The third kappa shape index (κ3) is 4.84. The second-order valence-corrected chi connectivity index (χ2v) is 4.73. The minimum absolute atomic E-state index is 0.0983. The maximum Gasteiger partial charge on any atom is 0.416 e. The molecule has 19 heavy (non-hydrogen) atoms. The van der Waals surface area contributed by atoms with Crippen molar-refractivity contribution in [3.8, 4) is 0 Å². The predicted molar refractivity (Wildman–Crippen MR) is 71.0 cm³/mol. The van der Waals surface area contributed by atoms with E-state index in [4.69, 9.17) is 0 Å². The first-order valence-electron chi connectivity index (χ1n) is 6.41. The van der Waals surface area contributed by atoms with Gasteiger partial charge in [-0.3, -0.25) is 0 Å². The molecule has 0 aliphatic carbocycles. The van der Waals surface area contributed by atoms with Gasteiger partial charge in [-0.2, -0.15) is 13.2 Å². The molecule has 0 spiro atoms. The van der Waals surface area contributed by atoms with Gasteiger partial charge >= 0.3 is 6.18 Å². The summed E-state index contributed by atoms with van der Waals surface area (Å²) in [7, 11) is 3.74. The van der Waals surface area contributed by atoms with Crippen molar-refractivity contribution in [1.29, 1.82) is 0 Å². The van der Waals surface area contributed by atoms with E-state index in [0.29, 0.717) is 12.1 Å². The third-order valence-electron chi connectivity index (χ3n) is 3.06. The first kappa shape index (κ1) is 16.0. The molecule has 1 rings (SSSR count). The standard InChI is InChI=1S/C14H21F3N2/c1-4-8-19(3)10-13(18-2)11-6-5-7-12(9-11)14(15,16)17/h5-7,9,13,18H,4,8,10H2,1-3H3. The first-order chi connectivity index (χ1) is 8.88. The van der Waals surface area contributed by atoms with Crippen molar-refractivity contribution in [3.05, 3.63) is 35.4 Å². The van der Waals surface area contributed by atoms with Crippen molar-refractivity contribution in [1.82, 2.24) is 10.2 Å². The Morgan fingerprint density at radius 2 is 2.00 bits per heavy atom. The van der Waals surface area contributed by atoms with Gasteiger partial charge in [0.05, 0.1) is 5.56 Å². The quantitative estimate of drug-likeness (QED) is 0.856. The maximum absolute atomic E-state index is 12.7. The lowest BCUT2D eigenvalue weighted by atomic mass is 10.0. The van der Waals surface area contributed by atoms with Crippen LogP contribution in [0.4, 0.5) is 13.2 Å². The highest BCUT2D eigenvalue weighted by Crippen LogP contribution is 2.30. The van der Waals surface area contributed by atoms with Gasteiger partial charge < -0.3 is 10.2 Å². The zero-order valence-corrected chi connectivity index (χ0v) is 11.6. The highest BCUT2D eigenvalue weighted by atomic mass is 19.4. The molecule has 0 fully saturated rings. The van der Waals surface area contributed by atoms with E-state index in [2.05, 4.69) is 17.1 Å². The van der Waals surface area contributed by atoms with E-state index in [9.17, 15) is 13.2 Å². The lowest BCUT2D eigenvalue weighted by Gasteiger charge is -2.24. The van der Waals surface area contributed by atoms with Crippen LogP contribution >= 0.6 is 0 Å². The van der Waals surface area contributed by atoms with Crippen LogP contribution in [0.1, 0.15) is 30.5 Å². The molecule has 2 nitrogen and oxygen atoms in total. The summed E-state index contributed by atoms with van der Waals surface area (Å²) in [6, 6.07) is 5.42. The van der Waals surface area contributed by atoms with Crippen LogP contribution in [-0.4, -0.2) is 32.1 Å². The fraction of sp³-hybridized carbons (Fsp3) is 0.571. The monoisotopic (exact) mass is 274 g/mol. The third-order valence-corrected chi connectivity index (χ3v) is 3.06. The number of nitrogens with zero attached hydrogens (tertiary/aromatic N) is 1. The second kappa shape index (κ2) is 6.91. The van der Waals surface area contributed by atoms with Crippen LogP contribution < -0.4 is 5.32 Å². The van der Waals surface area contributed by atoms with Crippen LogP contribution in [0.3, 0.4) is 0 Å². The minimum Gasteiger partial charge on any atom is -0.312 e. The van der Waals surface area contributed by atoms with Crippen LogP contribution in [0.5, 0.6) is 0 Å². The Labute approximate surface area is 112 Å². The Morgan fingerprint density at radius 3 is 2.53 bits per heavy atom. The van der Waals surface area contributed by atoms with Crippen molar-refractivity contribution in [2.75, 3.05) is 27.2 Å². The predicted octanol–water partition coefficient (Wildman–Crippen LogP) is 3.31. The van der Waals surface area contributed by atoms with E-state index in [1.165, 1.54) is 12.1 Å². The van der Waals surface area contributed by atoms with E-state index in [1.807, 2.05) is 7.05 Å². The van der Waals surface area contributed by atoms with E-state index in [1.54, 1.807) is 13.1 Å². The summed E-state index contributed by atoms with van der Waals surface area (Å²) in [5.41, 5.74) is 0.0728. The highest BCUT2D eigenvalue weighted by Gasteiger charge is 2.30. The molecule has 1 aromatic rings. The summed E-state index contributed by atoms with van der Waals surface area (Å²) in [4.78, 5) is 2.11. The molecule has 5 heteroatoms. The van der Waals surface area contributed by atoms with E-state index in [-0.39, 0.29) is 6.04 Å². The Kier molecular flexibility index (Phi) is 5.82. The van der Waals surface area contributed by atoms with E-state index >= 15 is 0 Å². The molecule has 1 atom stereocenters. The molecule has 0 aliphatic rings. The number of alkyl halides is 3. The lowest BCUT2D eigenvalue weighted by molar-refractivity contribution is -0.137. The minimum atomic E-state index is -4.29. The fourth-order valence-electron chi connectivity index (χ4n) is 2.08. The number of hydrogen-bond donors (Lipinski definition) is 1. The topological polar surface area (TPSA) is 15.3 Å². The average Bonchev–Trinajstić information content (AvgIpc) is 2.35. The normalized spacial score (nSPS) is 13.8. The molecule has 0 aliphatic heterocycles. The van der Waals surface area contributed by atoms with Gasteiger partial charge in [-0.05, 0) is 44.8 Å². The Bertz CT molecular complexity index is 391. The van der Waals surface area contributed by atoms with Crippen molar-refractivity contribution in [2.45, 2.75) is 25.6 Å². The number of rotatable bonds is 6. The van der Waals surface area contributed by atoms with Crippen molar-refractivity contribution < 1.29 is 13.2 Å². The van der Waals surface area contributed by atoms with Gasteiger partial charge in [0.15, 0.2) is 0 Å². The Balaban J connectivity index is 2.87. The lowest BCUT2D eigenvalue weighted by Crippen LogP contribution is -2.31. The summed E-state index contributed by atoms with van der Waals surface area (Å²) in [5.74, 6) is 0. The van der Waals surface area contributed by atoms with Crippen molar-refractivity contribution in [2.24, 2.45) is 0 Å². The average molecular weight is 274 g/mol. The van der Waals surface area contributed by atoms with Crippen LogP contribution in [0, 0.1) is 0 Å². The van der Waals surface area contributed by atoms with Crippen LogP contribution in [0.15, 0.2) is 24.3 Å². The van der Waals surface area contributed by atoms with Gasteiger partial charge in [0.25, 0.3) is 0 Å². The second-order valence-electron chi connectivity index (χ2n) is 4.73. The Morgan fingerprint density at radius 1 is 1.32 bits per heavy atom. The number of halogens is 3. The van der Waals surface area contributed by atoms with Gasteiger partial charge in [0.2, 0.25) is 0 Å². The molecule has 1 N–H and O–H groups in total. The van der Waals surface area contributed by atoms with Gasteiger partial charge in [-0.25, -0.2) is 0 Å². The van der Waals surface area contributed by atoms with Crippen molar-refractivity contribution >= 4 is 0 Å². The van der Waals surface area contributed by atoms with Gasteiger partial charge in [-0.1, -0.05) is 19.1 Å². The molecule has 1 aromatic carbocycles. The van der Waals surface area contributed by atoms with E-state index in [0.717, 1.165) is 19.0 Å². The number of likely N-dealkylation sites (N-methyl/N-ethyl adjacent to an activating group) is 2. The molecule has 0 amide bonds. The highest BCUT2D eigenvalue weighted by molar-refractivity contribution is 5.28. The summed E-state index contributed by atoms with van der Waals surface area (Å²) in [5, 5.41) is 3.08. The number of benzene rings is 1. The molecule has 108 valence electrons. The first-order valence-corrected chi connectivity index (χ1v) is 6.41. The largest absolute Gasteiger partial charge is 0.416 e. The molecule has 0 saturated heterocycles. The number of hydrogen-bond acceptors (Lipinski definition) is 2. The molecular weight excluding hydrogens is 253 g/mol. The summed E-state index contributed by atoms with van der Waals surface area (Å²) in [6.07, 6.45) is -3.26. The van der Waals surface area contributed by atoms with Crippen LogP contribution in [0.25, 0.3) is 0 Å². The SMILES string of the molecule is CCCN(C)CC(NC)c1cccc(C(F)(F)F)c1. The smallest absolute Gasteiger partial charge is 0.312 e. The molecule has 0 aromatic heterocycles. The maximum atomic E-state index is 12.7. The van der Waals surface area contributed by atoms with Gasteiger partial charge in [0, 0.05) is 12.6 Å². The summed E-state index contributed by atoms with van der Waals surface area (Å²) < 4.78 is 38.1. The summed E-state index contributed by atoms with van der Waals surface area (Å²) >= 11 is 0. The van der Waals surface area contributed by atoms with Gasteiger partial charge in [0.1, 0.15) is 0 Å². The molecule has 0 radical (unpaired) electrons. The van der Waals surface area contributed by atoms with E-state index < -0.39 is 11.7 Å². The number of nitrogens with one attached hydrogen (secondary N) is 1. The summed E-state index contributed by atoms with van der Waals surface area (Å²) in [6.45, 7) is 3.69. The molecular formula is C14H21F3N2. The molecule has 0 saturated carbocycles. The zero-order valence-electron chi connectivity index (χ0n) is 11.6. The van der Waals surface area contributed by atoms with Gasteiger partial charge in [-0.15, -0.1) is 0 Å². The molecule has 0 bridgehead atoms. The molecule has 0 heterocycles. The van der Waals surface area contributed by atoms with Crippen LogP contribution in [-0.2, 0) is 6.18 Å². The zero-order chi connectivity index (χ0) is 14.5. The fourth-order valence-corrected chi connectivity index (χ4v) is 2.08. The molecule has 1 unspecified atom stereocenters. The van der Waals surface area contributed by atoms with Crippen molar-refractivity contribution in [3.63, 3.8) is 0 Å².